The molecule has 0 unspecified atom stereocenters. The SMILES string of the molecule is Cc1ccc(CN(C)C(=O)CN(C)CC(=O)Nc2ccc(F)cc2)c(C)c1. The number of anilines is 1. The molecule has 27 heavy (non-hydrogen) atoms. The van der Waals surface area contributed by atoms with Crippen molar-refractivity contribution in [2.45, 2.75) is 20.4 Å². The van der Waals surface area contributed by atoms with Gasteiger partial charge >= 0.3 is 0 Å². The Hall–Kier alpha value is -2.73. The number of hydrogen-bond acceptors (Lipinski definition) is 3. The maximum absolute atomic E-state index is 12.9. The molecule has 0 aromatic heterocycles. The van der Waals surface area contributed by atoms with Crippen molar-refractivity contribution in [3.05, 3.63) is 65.0 Å². The quantitative estimate of drug-likeness (QED) is 0.814. The molecule has 0 saturated carbocycles. The second-order valence-corrected chi connectivity index (χ2v) is 6.91. The Morgan fingerprint density at radius 2 is 1.67 bits per heavy atom. The lowest BCUT2D eigenvalue weighted by atomic mass is 10.1. The highest BCUT2D eigenvalue weighted by Crippen LogP contribution is 2.13. The summed E-state index contributed by atoms with van der Waals surface area (Å²) >= 11 is 0. The van der Waals surface area contributed by atoms with E-state index in [4.69, 9.17) is 0 Å². The fourth-order valence-electron chi connectivity index (χ4n) is 2.75. The Morgan fingerprint density at radius 3 is 2.30 bits per heavy atom. The number of hydrogen-bond donors (Lipinski definition) is 1. The molecule has 2 aromatic rings. The van der Waals surface area contributed by atoms with Crippen LogP contribution < -0.4 is 5.32 Å². The number of benzene rings is 2. The number of carbonyl (C=O) groups is 2. The molecule has 2 rings (SSSR count). The number of rotatable bonds is 7. The van der Waals surface area contributed by atoms with Crippen LogP contribution in [0.2, 0.25) is 0 Å². The molecule has 2 aromatic carbocycles. The smallest absolute Gasteiger partial charge is 0.238 e. The average Bonchev–Trinajstić information content (AvgIpc) is 2.59. The molecule has 0 bridgehead atoms. The van der Waals surface area contributed by atoms with E-state index in [1.54, 1.807) is 23.9 Å². The summed E-state index contributed by atoms with van der Waals surface area (Å²) in [5.41, 5.74) is 3.97. The highest BCUT2D eigenvalue weighted by atomic mass is 19.1. The molecular formula is C21H26FN3O2. The lowest BCUT2D eigenvalue weighted by Gasteiger charge is -2.22. The fraction of sp³-hybridized carbons (Fsp3) is 0.333. The Kier molecular flexibility index (Phi) is 7.07. The van der Waals surface area contributed by atoms with E-state index in [-0.39, 0.29) is 30.7 Å². The number of nitrogens with zero attached hydrogens (tertiary/aromatic N) is 2. The maximum atomic E-state index is 12.9. The molecular weight excluding hydrogens is 345 g/mol. The van der Waals surface area contributed by atoms with Gasteiger partial charge in [-0.2, -0.15) is 0 Å². The minimum atomic E-state index is -0.359. The predicted octanol–water partition coefficient (Wildman–Crippen LogP) is 2.97. The molecule has 2 amide bonds. The van der Waals surface area contributed by atoms with Crippen LogP contribution in [0.5, 0.6) is 0 Å². The molecule has 0 aliphatic rings. The van der Waals surface area contributed by atoms with Gasteiger partial charge in [0.15, 0.2) is 0 Å². The van der Waals surface area contributed by atoms with Gasteiger partial charge < -0.3 is 10.2 Å². The molecule has 144 valence electrons. The first-order valence-corrected chi connectivity index (χ1v) is 8.78. The topological polar surface area (TPSA) is 52.7 Å². The second-order valence-electron chi connectivity index (χ2n) is 6.91. The van der Waals surface area contributed by atoms with Crippen molar-refractivity contribution in [2.24, 2.45) is 0 Å². The van der Waals surface area contributed by atoms with Gasteiger partial charge in [-0.1, -0.05) is 23.8 Å². The van der Waals surface area contributed by atoms with Crippen LogP contribution in [-0.4, -0.2) is 48.8 Å². The van der Waals surface area contributed by atoms with Gasteiger partial charge in [0.05, 0.1) is 13.1 Å². The molecule has 6 heteroatoms. The maximum Gasteiger partial charge on any atom is 0.238 e. The van der Waals surface area contributed by atoms with E-state index in [1.165, 1.54) is 29.8 Å². The first kappa shape index (κ1) is 20.6. The highest BCUT2D eigenvalue weighted by molar-refractivity contribution is 5.92. The predicted molar refractivity (Wildman–Crippen MR) is 105 cm³/mol. The van der Waals surface area contributed by atoms with E-state index in [9.17, 15) is 14.0 Å². The third-order valence-corrected chi connectivity index (χ3v) is 4.28. The van der Waals surface area contributed by atoms with Crippen molar-refractivity contribution in [3.8, 4) is 0 Å². The monoisotopic (exact) mass is 371 g/mol. The first-order chi connectivity index (χ1) is 12.7. The van der Waals surface area contributed by atoms with Gasteiger partial charge in [-0.3, -0.25) is 14.5 Å². The average molecular weight is 371 g/mol. The van der Waals surface area contributed by atoms with Crippen LogP contribution in [0, 0.1) is 19.7 Å². The van der Waals surface area contributed by atoms with Crippen molar-refractivity contribution < 1.29 is 14.0 Å². The largest absolute Gasteiger partial charge is 0.340 e. The molecule has 0 aliphatic heterocycles. The second kappa shape index (κ2) is 9.28. The van der Waals surface area contributed by atoms with Gasteiger partial charge in [0.25, 0.3) is 0 Å². The lowest BCUT2D eigenvalue weighted by Crippen LogP contribution is -2.39. The summed E-state index contributed by atoms with van der Waals surface area (Å²) in [5, 5.41) is 2.68. The van der Waals surface area contributed by atoms with Crippen LogP contribution in [-0.2, 0) is 16.1 Å². The van der Waals surface area contributed by atoms with E-state index in [2.05, 4.69) is 11.4 Å². The van der Waals surface area contributed by atoms with Gasteiger partial charge in [0.2, 0.25) is 11.8 Å². The Bertz CT molecular complexity index is 806. The molecule has 0 atom stereocenters. The van der Waals surface area contributed by atoms with Crippen LogP contribution in [0.15, 0.2) is 42.5 Å². The summed E-state index contributed by atoms with van der Waals surface area (Å²) in [6, 6.07) is 11.7. The van der Waals surface area contributed by atoms with Gasteiger partial charge in [-0.25, -0.2) is 4.39 Å². The summed E-state index contributed by atoms with van der Waals surface area (Å²) in [6.07, 6.45) is 0. The zero-order chi connectivity index (χ0) is 20.0. The van der Waals surface area contributed by atoms with Gasteiger partial charge in [0, 0.05) is 19.3 Å². The van der Waals surface area contributed by atoms with Crippen LogP contribution in [0.25, 0.3) is 0 Å². The third kappa shape index (κ3) is 6.49. The van der Waals surface area contributed by atoms with Crippen molar-refractivity contribution in [3.63, 3.8) is 0 Å². The standard InChI is InChI=1S/C21H26FN3O2/c1-15-5-6-17(16(2)11-15)12-25(4)21(27)14-24(3)13-20(26)23-19-9-7-18(22)8-10-19/h5-11H,12-14H2,1-4H3,(H,23,26). The van der Waals surface area contributed by atoms with Crippen molar-refractivity contribution in [2.75, 3.05) is 32.5 Å². The summed E-state index contributed by atoms with van der Waals surface area (Å²) in [6.45, 7) is 4.81. The molecule has 0 spiro atoms. The normalized spacial score (nSPS) is 10.7. The van der Waals surface area contributed by atoms with Gasteiger partial charge in [-0.15, -0.1) is 0 Å². The molecule has 0 saturated heterocycles. The summed E-state index contributed by atoms with van der Waals surface area (Å²) in [7, 11) is 3.47. The van der Waals surface area contributed by atoms with Gasteiger partial charge in [0.1, 0.15) is 5.82 Å². The fourth-order valence-corrected chi connectivity index (χ4v) is 2.75. The molecule has 0 aliphatic carbocycles. The van der Waals surface area contributed by atoms with E-state index < -0.39 is 0 Å². The summed E-state index contributed by atoms with van der Waals surface area (Å²) in [4.78, 5) is 27.8. The van der Waals surface area contributed by atoms with E-state index >= 15 is 0 Å². The minimum Gasteiger partial charge on any atom is -0.340 e. The zero-order valence-corrected chi connectivity index (χ0v) is 16.3. The Morgan fingerprint density at radius 1 is 1.00 bits per heavy atom. The van der Waals surface area contributed by atoms with Crippen molar-refractivity contribution >= 4 is 17.5 Å². The number of nitrogens with one attached hydrogen (secondary N) is 1. The molecule has 1 N–H and O–H groups in total. The third-order valence-electron chi connectivity index (χ3n) is 4.28. The lowest BCUT2D eigenvalue weighted by molar-refractivity contribution is -0.131. The number of likely N-dealkylation sites (N-methyl/N-ethyl adjacent to an activating group) is 2. The van der Waals surface area contributed by atoms with Crippen LogP contribution in [0.4, 0.5) is 10.1 Å². The summed E-state index contributed by atoms with van der Waals surface area (Å²) < 4.78 is 12.9. The number of carbonyl (C=O) groups excluding carboxylic acids is 2. The Labute approximate surface area is 159 Å². The number of aryl methyl sites for hydroxylation is 2. The Balaban J connectivity index is 1.83. The molecule has 0 radical (unpaired) electrons. The molecule has 5 nitrogen and oxygen atoms in total. The first-order valence-electron chi connectivity index (χ1n) is 8.78. The van der Waals surface area contributed by atoms with E-state index in [0.29, 0.717) is 12.2 Å². The van der Waals surface area contributed by atoms with E-state index in [1.807, 2.05) is 26.0 Å². The minimum absolute atomic E-state index is 0.0629. The molecule has 0 heterocycles. The van der Waals surface area contributed by atoms with Gasteiger partial charge in [-0.05, 0) is 56.3 Å². The van der Waals surface area contributed by atoms with E-state index in [0.717, 1.165) is 11.1 Å². The van der Waals surface area contributed by atoms with Crippen LogP contribution in [0.1, 0.15) is 16.7 Å². The number of halogens is 1. The van der Waals surface area contributed by atoms with Crippen molar-refractivity contribution in [1.29, 1.82) is 0 Å². The van der Waals surface area contributed by atoms with Crippen LogP contribution in [0.3, 0.4) is 0 Å². The highest BCUT2D eigenvalue weighted by Gasteiger charge is 2.15. The van der Waals surface area contributed by atoms with Crippen molar-refractivity contribution in [1.82, 2.24) is 9.80 Å². The zero-order valence-electron chi connectivity index (χ0n) is 16.3. The number of amides is 2. The van der Waals surface area contributed by atoms with Crippen LogP contribution >= 0.6 is 0 Å². The summed E-state index contributed by atoms with van der Waals surface area (Å²) in [5.74, 6) is -0.677. The molecule has 0 fully saturated rings.